The van der Waals surface area contributed by atoms with E-state index in [1.54, 1.807) is 0 Å². The number of esters is 3. The molecule has 9 nitrogen and oxygen atoms in total. The fraction of sp³-hybridized carbons (Fsp3) is 0.526. The van der Waals surface area contributed by atoms with Crippen molar-refractivity contribution in [3.8, 4) is 0 Å². The summed E-state index contributed by atoms with van der Waals surface area (Å²) in [5.41, 5.74) is -0.601. The first kappa shape index (κ1) is 26.7. The van der Waals surface area contributed by atoms with Crippen LogP contribution in [0.5, 0.6) is 0 Å². The van der Waals surface area contributed by atoms with Gasteiger partial charge in [0.15, 0.2) is 0 Å². The lowest BCUT2D eigenvalue weighted by molar-refractivity contribution is -0.330. The predicted octanol–water partition coefficient (Wildman–Crippen LogP) is 0.371. The van der Waals surface area contributed by atoms with Gasteiger partial charge in [0.1, 0.15) is 30.1 Å². The van der Waals surface area contributed by atoms with Gasteiger partial charge in [-0.3, -0.25) is 0 Å². The van der Waals surface area contributed by atoms with E-state index in [1.165, 1.54) is 20.8 Å². The summed E-state index contributed by atoms with van der Waals surface area (Å²) in [5.74, 6) is -1.60. The zero-order valence-corrected chi connectivity index (χ0v) is 19.5. The molecule has 0 aliphatic carbocycles. The molecular formula is C19H30O9Si. The van der Waals surface area contributed by atoms with Crippen molar-refractivity contribution in [2.45, 2.75) is 26.4 Å². The summed E-state index contributed by atoms with van der Waals surface area (Å²) in [5, 5.41) is 0. The van der Waals surface area contributed by atoms with E-state index in [9.17, 15) is 14.4 Å². The highest BCUT2D eigenvalue weighted by Gasteiger charge is 2.27. The van der Waals surface area contributed by atoms with E-state index in [1.807, 2.05) is 0 Å². The van der Waals surface area contributed by atoms with Gasteiger partial charge in [-0.25, -0.2) is 14.4 Å². The zero-order valence-electron chi connectivity index (χ0n) is 17.5. The molecule has 0 spiro atoms. The van der Waals surface area contributed by atoms with Crippen LogP contribution in [0.15, 0.2) is 36.5 Å². The summed E-state index contributed by atoms with van der Waals surface area (Å²) >= 11 is 0. The number of hydrogen-bond acceptors (Lipinski definition) is 9. The van der Waals surface area contributed by atoms with E-state index in [2.05, 4.69) is 19.7 Å². The van der Waals surface area contributed by atoms with Crippen molar-refractivity contribution in [1.82, 2.24) is 0 Å². The Morgan fingerprint density at radius 3 is 1.07 bits per heavy atom. The van der Waals surface area contributed by atoms with Crippen molar-refractivity contribution in [3.05, 3.63) is 36.5 Å². The molecule has 0 unspecified atom stereocenters. The molecule has 10 heteroatoms. The number of ether oxygens (including phenoxy) is 6. The molecule has 0 fully saturated rings. The van der Waals surface area contributed by atoms with E-state index in [-0.39, 0.29) is 66.6 Å². The molecule has 29 heavy (non-hydrogen) atoms. The molecule has 0 rings (SSSR count). The van der Waals surface area contributed by atoms with Crippen molar-refractivity contribution < 1.29 is 42.8 Å². The molecule has 0 N–H and O–H groups in total. The SMILES string of the molecule is C=C(C)C(=O)OCCOC([SiH3])(OCCOC(=O)C(=C)C)OCCOC(=O)C(=C)C. The van der Waals surface area contributed by atoms with Crippen LogP contribution in [-0.4, -0.2) is 73.4 Å². The summed E-state index contributed by atoms with van der Waals surface area (Å²) in [6.07, 6.45) is 0. The van der Waals surface area contributed by atoms with Crippen LogP contribution in [0, 0.1) is 0 Å². The minimum atomic E-state index is -1.42. The third-order valence-electron chi connectivity index (χ3n) is 3.09. The second-order valence-electron chi connectivity index (χ2n) is 6.16. The molecule has 0 heterocycles. The second kappa shape index (κ2) is 13.8. The van der Waals surface area contributed by atoms with Gasteiger partial charge < -0.3 is 28.4 Å². The number of carbonyl (C=O) groups excluding carboxylic acids is 3. The first-order valence-electron chi connectivity index (χ1n) is 8.88. The van der Waals surface area contributed by atoms with Crippen LogP contribution >= 0.6 is 0 Å². The first-order chi connectivity index (χ1) is 13.5. The standard InChI is InChI=1S/C19H30O9Si/c1-13(2)16(20)23-7-10-26-19(29,27-11-8-24-17(21)14(3)4)28-12-9-25-18(22)15(5)6/h1,3,5,7-12H2,2,4,6,29H3. The van der Waals surface area contributed by atoms with Crippen molar-refractivity contribution in [2.24, 2.45) is 0 Å². The highest BCUT2D eigenvalue weighted by molar-refractivity contribution is 6.12. The Hall–Kier alpha value is -2.27. The number of carbonyl (C=O) groups is 3. The minimum Gasteiger partial charge on any atom is -0.460 e. The third kappa shape index (κ3) is 12.7. The molecule has 0 bridgehead atoms. The molecule has 0 aliphatic heterocycles. The predicted molar refractivity (Wildman–Crippen MR) is 108 cm³/mol. The lowest BCUT2D eigenvalue weighted by atomic mass is 10.4. The Morgan fingerprint density at radius 2 is 0.862 bits per heavy atom. The topological polar surface area (TPSA) is 107 Å². The van der Waals surface area contributed by atoms with Gasteiger partial charge in [0.2, 0.25) is 5.60 Å². The van der Waals surface area contributed by atoms with Crippen molar-refractivity contribution in [3.63, 3.8) is 0 Å². The van der Waals surface area contributed by atoms with Crippen LogP contribution in [0.25, 0.3) is 0 Å². The van der Waals surface area contributed by atoms with Crippen molar-refractivity contribution in [1.29, 1.82) is 0 Å². The number of hydrogen-bond donors (Lipinski definition) is 0. The first-order valence-corrected chi connectivity index (χ1v) is 9.88. The van der Waals surface area contributed by atoms with Gasteiger partial charge >= 0.3 is 17.9 Å². The van der Waals surface area contributed by atoms with Gasteiger partial charge in [0.05, 0.1) is 19.8 Å². The highest BCUT2D eigenvalue weighted by atomic mass is 28.1. The van der Waals surface area contributed by atoms with E-state index < -0.39 is 23.5 Å². The van der Waals surface area contributed by atoms with Gasteiger partial charge in [-0.2, -0.15) is 0 Å². The fourth-order valence-electron chi connectivity index (χ4n) is 1.58. The van der Waals surface area contributed by atoms with Crippen LogP contribution in [0.4, 0.5) is 0 Å². The summed E-state index contributed by atoms with van der Waals surface area (Å²) < 4.78 is 31.5. The lowest BCUT2D eigenvalue weighted by Crippen LogP contribution is -2.42. The van der Waals surface area contributed by atoms with E-state index >= 15 is 0 Å². The van der Waals surface area contributed by atoms with Crippen LogP contribution in [-0.2, 0) is 42.8 Å². The quantitative estimate of drug-likeness (QED) is 0.0909. The normalized spacial score (nSPS) is 10.9. The smallest absolute Gasteiger partial charge is 0.333 e. The molecule has 0 aliphatic rings. The van der Waals surface area contributed by atoms with Gasteiger partial charge in [0.25, 0.3) is 0 Å². The minimum absolute atomic E-state index is 0.000370. The van der Waals surface area contributed by atoms with Gasteiger partial charge in [0, 0.05) is 16.7 Å². The summed E-state index contributed by atoms with van der Waals surface area (Å²) in [4.78, 5) is 34.2. The van der Waals surface area contributed by atoms with Crippen molar-refractivity contribution in [2.75, 3.05) is 39.6 Å². The van der Waals surface area contributed by atoms with Crippen LogP contribution < -0.4 is 0 Å². The molecule has 164 valence electrons. The van der Waals surface area contributed by atoms with Gasteiger partial charge in [-0.1, -0.05) is 19.7 Å². The van der Waals surface area contributed by atoms with Crippen molar-refractivity contribution >= 4 is 28.2 Å². The lowest BCUT2D eigenvalue weighted by Gasteiger charge is -2.30. The van der Waals surface area contributed by atoms with E-state index in [0.717, 1.165) is 0 Å². The van der Waals surface area contributed by atoms with Gasteiger partial charge in [-0.15, -0.1) is 0 Å². The monoisotopic (exact) mass is 430 g/mol. The third-order valence-corrected chi connectivity index (χ3v) is 3.95. The Bertz CT molecular complexity index is 544. The molecule has 0 saturated heterocycles. The molecule has 0 saturated carbocycles. The maximum absolute atomic E-state index is 11.4. The molecule has 0 amide bonds. The maximum Gasteiger partial charge on any atom is 0.333 e. The molecule has 0 atom stereocenters. The summed E-state index contributed by atoms with van der Waals surface area (Å²) in [6.45, 7) is 15.0. The average molecular weight is 431 g/mol. The molecule has 0 aromatic heterocycles. The van der Waals surface area contributed by atoms with Crippen LogP contribution in [0.2, 0.25) is 0 Å². The Kier molecular flexibility index (Phi) is 12.7. The summed E-state index contributed by atoms with van der Waals surface area (Å²) in [7, 11) is 0.257. The molecular weight excluding hydrogens is 400 g/mol. The number of rotatable bonds is 15. The molecule has 0 aromatic carbocycles. The van der Waals surface area contributed by atoms with Crippen LogP contribution in [0.3, 0.4) is 0 Å². The Labute approximate surface area is 174 Å². The Balaban J connectivity index is 4.54. The van der Waals surface area contributed by atoms with Crippen LogP contribution in [0.1, 0.15) is 20.8 Å². The van der Waals surface area contributed by atoms with E-state index in [0.29, 0.717) is 0 Å². The summed E-state index contributed by atoms with van der Waals surface area (Å²) in [6, 6.07) is 0. The highest BCUT2D eigenvalue weighted by Crippen LogP contribution is 2.11. The fourth-order valence-corrected chi connectivity index (χ4v) is 2.19. The zero-order chi connectivity index (χ0) is 22.4. The Morgan fingerprint density at radius 1 is 0.621 bits per heavy atom. The second-order valence-corrected chi connectivity index (χ2v) is 7.38. The molecule has 0 radical (unpaired) electrons. The average Bonchev–Trinajstić information content (AvgIpc) is 2.65. The maximum atomic E-state index is 11.4. The largest absolute Gasteiger partial charge is 0.460 e. The van der Waals surface area contributed by atoms with Gasteiger partial charge in [-0.05, 0) is 20.8 Å². The molecule has 0 aromatic rings. The van der Waals surface area contributed by atoms with E-state index in [4.69, 9.17) is 28.4 Å².